The fourth-order valence-electron chi connectivity index (χ4n) is 3.83. The summed E-state index contributed by atoms with van der Waals surface area (Å²) in [5, 5.41) is 2.92. The molecule has 0 radical (unpaired) electrons. The number of ether oxygens (including phenoxy) is 1. The Morgan fingerprint density at radius 3 is 2.64 bits per heavy atom. The molecule has 33 heavy (non-hydrogen) atoms. The first-order valence-electron chi connectivity index (χ1n) is 10.8. The Morgan fingerprint density at radius 1 is 1.18 bits per heavy atom. The lowest BCUT2D eigenvalue weighted by Gasteiger charge is -2.23. The van der Waals surface area contributed by atoms with Gasteiger partial charge in [-0.1, -0.05) is 26.0 Å². The fraction of sp³-hybridized carbons (Fsp3) is 0.320. The predicted molar refractivity (Wildman–Crippen MR) is 124 cm³/mol. The van der Waals surface area contributed by atoms with Crippen LogP contribution in [-0.2, 0) is 0 Å². The van der Waals surface area contributed by atoms with Gasteiger partial charge in [0.25, 0.3) is 11.8 Å². The molecule has 0 spiro atoms. The summed E-state index contributed by atoms with van der Waals surface area (Å²) in [6.45, 7) is 3.75. The van der Waals surface area contributed by atoms with Crippen molar-refractivity contribution in [1.29, 1.82) is 0 Å². The molecule has 8 heteroatoms. The first-order valence-corrected chi connectivity index (χ1v) is 10.8. The maximum Gasteiger partial charge on any atom is 0.266 e. The second-order valence-corrected chi connectivity index (χ2v) is 8.40. The number of nitrogens with one attached hydrogen (secondary N) is 1. The lowest BCUT2D eigenvalue weighted by Crippen LogP contribution is -2.27. The van der Waals surface area contributed by atoms with E-state index < -0.39 is 12.5 Å². The Kier molecular flexibility index (Phi) is 6.26. The van der Waals surface area contributed by atoms with Crippen molar-refractivity contribution in [3.63, 3.8) is 0 Å². The van der Waals surface area contributed by atoms with Crippen molar-refractivity contribution >= 4 is 17.4 Å². The molecule has 1 aliphatic rings. The lowest BCUT2D eigenvalue weighted by atomic mass is 10.0. The molecule has 3 aromatic rings. The normalized spacial score (nSPS) is 15.0. The third-order valence-corrected chi connectivity index (χ3v) is 5.66. The number of alkyl halides is 2. The summed E-state index contributed by atoms with van der Waals surface area (Å²) in [6, 6.07) is 12.6. The lowest BCUT2D eigenvalue weighted by molar-refractivity contribution is 0.0257. The molecule has 6 nitrogen and oxygen atoms in total. The molecule has 0 saturated carbocycles. The molecular formula is C25H26F2N4O2. The Bertz CT molecular complexity index is 1150. The summed E-state index contributed by atoms with van der Waals surface area (Å²) in [4.78, 5) is 23.4. The van der Waals surface area contributed by atoms with Crippen molar-refractivity contribution in [2.24, 2.45) is 0 Å². The van der Waals surface area contributed by atoms with Crippen LogP contribution in [0.1, 0.15) is 42.2 Å². The minimum Gasteiger partial charge on any atom is -0.497 e. The highest BCUT2D eigenvalue weighted by molar-refractivity contribution is 6.08. The van der Waals surface area contributed by atoms with Crippen LogP contribution < -0.4 is 15.0 Å². The van der Waals surface area contributed by atoms with Gasteiger partial charge < -0.3 is 15.0 Å². The van der Waals surface area contributed by atoms with Gasteiger partial charge in [-0.15, -0.1) is 0 Å². The molecule has 0 atom stereocenters. The van der Waals surface area contributed by atoms with E-state index in [4.69, 9.17) is 4.74 Å². The van der Waals surface area contributed by atoms with E-state index >= 15 is 0 Å². The molecule has 4 rings (SSSR count). The molecule has 1 saturated heterocycles. The number of nitrogens with zero attached hydrogens (tertiary/aromatic N) is 3. The minimum absolute atomic E-state index is 0.148. The van der Waals surface area contributed by atoms with Crippen molar-refractivity contribution in [1.82, 2.24) is 9.97 Å². The van der Waals surface area contributed by atoms with E-state index in [2.05, 4.69) is 15.3 Å². The summed E-state index contributed by atoms with van der Waals surface area (Å²) in [7, 11) is 1.57. The molecule has 0 bridgehead atoms. The maximum absolute atomic E-state index is 14.0. The van der Waals surface area contributed by atoms with Crippen LogP contribution in [0, 0.1) is 0 Å². The number of pyridine rings is 2. The van der Waals surface area contributed by atoms with Crippen molar-refractivity contribution < 1.29 is 18.3 Å². The number of anilines is 2. The highest BCUT2D eigenvalue weighted by atomic mass is 19.3. The number of rotatable bonds is 6. The highest BCUT2D eigenvalue weighted by Gasteiger charge is 2.40. The molecule has 1 aromatic carbocycles. The summed E-state index contributed by atoms with van der Waals surface area (Å²) in [6.07, 6.45) is 2.83. The summed E-state index contributed by atoms with van der Waals surface area (Å²) >= 11 is 0. The molecule has 0 aliphatic carbocycles. The van der Waals surface area contributed by atoms with Crippen molar-refractivity contribution in [3.05, 3.63) is 66.1 Å². The smallest absolute Gasteiger partial charge is 0.266 e. The zero-order valence-electron chi connectivity index (χ0n) is 18.8. The number of carbonyl (C=O) groups excluding carboxylic acids is 1. The Labute approximate surface area is 191 Å². The second-order valence-electron chi connectivity index (χ2n) is 8.40. The molecule has 1 amide bonds. The summed E-state index contributed by atoms with van der Waals surface area (Å²) in [5.41, 5.74) is 3.06. The standard InChI is InChI=1S/C25H26F2N4O2/c1-16(2)21-8-7-18(14-29-21)24(32)30-22-20(17-5-4-6-19(13-17)33-3)9-11-28-23(22)31-12-10-25(26,27)15-31/h4-9,11,13-14,16H,10,12,15H2,1-3H3,(H,30,32). The SMILES string of the molecule is COc1cccc(-c2ccnc(N3CCC(F)(F)C3)c2NC(=O)c2ccc(C(C)C)nc2)c1. The Hall–Kier alpha value is -3.55. The second kappa shape index (κ2) is 9.13. The van der Waals surface area contributed by atoms with Gasteiger partial charge in [-0.05, 0) is 41.8 Å². The van der Waals surface area contributed by atoms with Gasteiger partial charge >= 0.3 is 0 Å². The van der Waals surface area contributed by atoms with Gasteiger partial charge in [0.05, 0.1) is 24.9 Å². The van der Waals surface area contributed by atoms with Crippen LogP contribution in [0.3, 0.4) is 0 Å². The van der Waals surface area contributed by atoms with Crippen molar-refractivity contribution in [3.8, 4) is 16.9 Å². The first-order chi connectivity index (χ1) is 15.8. The van der Waals surface area contributed by atoms with Crippen LogP contribution in [0.4, 0.5) is 20.3 Å². The third kappa shape index (κ3) is 4.94. The Morgan fingerprint density at radius 2 is 2.00 bits per heavy atom. The molecule has 2 aromatic heterocycles. The number of hydrogen-bond donors (Lipinski definition) is 1. The van der Waals surface area contributed by atoms with Crippen LogP contribution in [0.25, 0.3) is 11.1 Å². The van der Waals surface area contributed by atoms with Gasteiger partial charge in [0, 0.05) is 36.6 Å². The van der Waals surface area contributed by atoms with Crippen molar-refractivity contribution in [2.75, 3.05) is 30.4 Å². The maximum atomic E-state index is 14.0. The van der Waals surface area contributed by atoms with Gasteiger partial charge in [-0.2, -0.15) is 0 Å². The number of benzene rings is 1. The number of aromatic nitrogens is 2. The molecule has 3 heterocycles. The predicted octanol–water partition coefficient (Wildman–Crippen LogP) is 5.37. The molecule has 0 unspecified atom stereocenters. The number of amides is 1. The number of carbonyl (C=O) groups is 1. The average Bonchev–Trinajstić information content (AvgIpc) is 3.18. The van der Waals surface area contributed by atoms with E-state index in [0.29, 0.717) is 28.4 Å². The van der Waals surface area contributed by atoms with E-state index in [9.17, 15) is 13.6 Å². The Balaban J connectivity index is 1.75. The molecular weight excluding hydrogens is 426 g/mol. The van der Waals surface area contributed by atoms with Crippen LogP contribution in [0.15, 0.2) is 54.9 Å². The van der Waals surface area contributed by atoms with Crippen LogP contribution in [0.2, 0.25) is 0 Å². The zero-order chi connectivity index (χ0) is 23.6. The number of methoxy groups -OCH3 is 1. The van der Waals surface area contributed by atoms with Crippen LogP contribution in [0.5, 0.6) is 5.75 Å². The number of halogens is 2. The topological polar surface area (TPSA) is 67.3 Å². The van der Waals surface area contributed by atoms with Gasteiger partial charge in [0.15, 0.2) is 5.82 Å². The minimum atomic E-state index is -2.80. The summed E-state index contributed by atoms with van der Waals surface area (Å²) < 4.78 is 33.3. The third-order valence-electron chi connectivity index (χ3n) is 5.66. The number of hydrogen-bond acceptors (Lipinski definition) is 5. The van der Waals surface area contributed by atoms with Gasteiger partial charge in [0.2, 0.25) is 0 Å². The molecule has 1 aliphatic heterocycles. The summed E-state index contributed by atoms with van der Waals surface area (Å²) in [5.74, 6) is -1.99. The van der Waals surface area contributed by atoms with E-state index in [1.165, 1.54) is 11.1 Å². The van der Waals surface area contributed by atoms with Gasteiger partial charge in [-0.25, -0.2) is 13.8 Å². The fourth-order valence-corrected chi connectivity index (χ4v) is 3.83. The van der Waals surface area contributed by atoms with Gasteiger partial charge in [0.1, 0.15) is 5.75 Å². The van der Waals surface area contributed by atoms with Crippen LogP contribution in [-0.4, -0.2) is 42.0 Å². The average molecular weight is 453 g/mol. The first kappa shape index (κ1) is 22.6. The molecule has 1 N–H and O–H groups in total. The monoisotopic (exact) mass is 452 g/mol. The molecule has 1 fully saturated rings. The van der Waals surface area contributed by atoms with E-state index in [-0.39, 0.29) is 24.8 Å². The highest BCUT2D eigenvalue weighted by Crippen LogP contribution is 2.39. The van der Waals surface area contributed by atoms with Crippen LogP contribution >= 0.6 is 0 Å². The quantitative estimate of drug-likeness (QED) is 0.544. The van der Waals surface area contributed by atoms with E-state index in [1.807, 2.05) is 44.2 Å². The van der Waals surface area contributed by atoms with E-state index in [0.717, 1.165) is 11.3 Å². The molecule has 172 valence electrons. The zero-order valence-corrected chi connectivity index (χ0v) is 18.8. The largest absolute Gasteiger partial charge is 0.497 e. The van der Waals surface area contributed by atoms with E-state index in [1.54, 1.807) is 25.4 Å². The van der Waals surface area contributed by atoms with Crippen molar-refractivity contribution in [2.45, 2.75) is 32.1 Å². The van der Waals surface area contributed by atoms with Gasteiger partial charge in [-0.3, -0.25) is 9.78 Å².